The van der Waals surface area contributed by atoms with Gasteiger partial charge in [0.1, 0.15) is 11.6 Å². The van der Waals surface area contributed by atoms with Crippen molar-refractivity contribution in [2.75, 3.05) is 13.1 Å². The number of fused-ring (bicyclic) bond motifs is 1. The normalized spacial score (nSPS) is 16.4. The highest BCUT2D eigenvalue weighted by molar-refractivity contribution is 5.73. The van der Waals surface area contributed by atoms with Crippen molar-refractivity contribution in [1.82, 2.24) is 5.32 Å². The van der Waals surface area contributed by atoms with Crippen molar-refractivity contribution >= 4 is 5.97 Å². The molecule has 3 nitrogen and oxygen atoms in total. The molecule has 0 aromatic heterocycles. The van der Waals surface area contributed by atoms with Crippen molar-refractivity contribution in [3.8, 4) is 0 Å². The third-order valence-electron chi connectivity index (χ3n) is 4.45. The average Bonchev–Trinajstić information content (AvgIpc) is 2.80. The summed E-state index contributed by atoms with van der Waals surface area (Å²) < 4.78 is 59.3. The van der Waals surface area contributed by atoms with Crippen LogP contribution in [0.4, 0.5) is 22.0 Å². The Bertz CT molecular complexity index is 816. The molecule has 152 valence electrons. The lowest BCUT2D eigenvalue weighted by Crippen LogP contribution is -2.21. The molecule has 0 spiro atoms. The van der Waals surface area contributed by atoms with Gasteiger partial charge in [0.25, 0.3) is 0 Å². The molecule has 0 unspecified atom stereocenters. The predicted molar refractivity (Wildman–Crippen MR) is 94.3 cm³/mol. The lowest BCUT2D eigenvalue weighted by Gasteiger charge is -2.14. The molecule has 0 aliphatic carbocycles. The number of nitrogens with one attached hydrogen (secondary N) is 1. The fourth-order valence-corrected chi connectivity index (χ4v) is 3.00. The van der Waals surface area contributed by atoms with Gasteiger partial charge in [-0.15, -0.1) is 0 Å². The summed E-state index contributed by atoms with van der Waals surface area (Å²) in [5.74, 6) is -3.28. The van der Waals surface area contributed by atoms with Crippen LogP contribution in [0.2, 0.25) is 0 Å². The Hall–Kier alpha value is -2.48. The molecule has 8 heteroatoms. The van der Waals surface area contributed by atoms with Gasteiger partial charge in [-0.05, 0) is 47.7 Å². The maximum Gasteiger partial charge on any atom is 0.490 e. The SMILES string of the molecule is C[C@@H]1CNCCc2ccc(Cc3c(F)cccc3F)cc21.O=C(O)C(F)(F)F. The molecule has 0 radical (unpaired) electrons. The number of hydrogen-bond acceptors (Lipinski definition) is 2. The van der Waals surface area contributed by atoms with E-state index in [0.717, 1.165) is 25.1 Å². The van der Waals surface area contributed by atoms with Crippen LogP contribution in [0.5, 0.6) is 0 Å². The summed E-state index contributed by atoms with van der Waals surface area (Å²) in [5.41, 5.74) is 3.75. The van der Waals surface area contributed by atoms with E-state index in [1.54, 1.807) is 0 Å². The number of alkyl halides is 3. The Balaban J connectivity index is 0.000000345. The van der Waals surface area contributed by atoms with Gasteiger partial charge < -0.3 is 10.4 Å². The van der Waals surface area contributed by atoms with Gasteiger partial charge in [-0.3, -0.25) is 0 Å². The van der Waals surface area contributed by atoms with Gasteiger partial charge in [0.05, 0.1) is 0 Å². The van der Waals surface area contributed by atoms with Crippen molar-refractivity contribution in [3.05, 3.63) is 70.3 Å². The first-order chi connectivity index (χ1) is 13.1. The van der Waals surface area contributed by atoms with Gasteiger partial charge >= 0.3 is 12.1 Å². The van der Waals surface area contributed by atoms with E-state index in [0.29, 0.717) is 12.3 Å². The second-order valence-electron chi connectivity index (χ2n) is 6.57. The second kappa shape index (κ2) is 9.14. The lowest BCUT2D eigenvalue weighted by atomic mass is 9.91. The van der Waals surface area contributed by atoms with Gasteiger partial charge in [0.15, 0.2) is 0 Å². The average molecular weight is 401 g/mol. The van der Waals surface area contributed by atoms with Crippen LogP contribution in [-0.2, 0) is 17.6 Å². The van der Waals surface area contributed by atoms with E-state index in [4.69, 9.17) is 9.90 Å². The molecule has 1 aliphatic rings. The molecule has 2 aromatic carbocycles. The largest absolute Gasteiger partial charge is 0.490 e. The molecular formula is C20H20F5NO2. The molecule has 28 heavy (non-hydrogen) atoms. The van der Waals surface area contributed by atoms with E-state index in [9.17, 15) is 22.0 Å². The van der Waals surface area contributed by atoms with Crippen molar-refractivity contribution in [2.24, 2.45) is 0 Å². The highest BCUT2D eigenvalue weighted by Crippen LogP contribution is 2.25. The number of carboxylic acids is 1. The zero-order valence-corrected chi connectivity index (χ0v) is 15.1. The van der Waals surface area contributed by atoms with E-state index < -0.39 is 23.8 Å². The molecule has 0 saturated heterocycles. The van der Waals surface area contributed by atoms with E-state index in [1.807, 2.05) is 6.07 Å². The van der Waals surface area contributed by atoms with Crippen LogP contribution in [0, 0.1) is 11.6 Å². The fourth-order valence-electron chi connectivity index (χ4n) is 3.00. The number of carbonyl (C=O) groups is 1. The molecule has 1 aliphatic heterocycles. The van der Waals surface area contributed by atoms with Gasteiger partial charge in [-0.1, -0.05) is 31.2 Å². The van der Waals surface area contributed by atoms with Crippen LogP contribution < -0.4 is 5.32 Å². The summed E-state index contributed by atoms with van der Waals surface area (Å²) in [5, 5.41) is 10.5. The molecule has 2 aromatic rings. The summed E-state index contributed by atoms with van der Waals surface area (Å²) in [6, 6.07) is 10.2. The molecule has 3 rings (SSSR count). The minimum absolute atomic E-state index is 0.150. The van der Waals surface area contributed by atoms with E-state index in [-0.39, 0.29) is 5.56 Å². The van der Waals surface area contributed by atoms with Crippen molar-refractivity contribution in [3.63, 3.8) is 0 Å². The summed E-state index contributed by atoms with van der Waals surface area (Å²) in [4.78, 5) is 8.90. The van der Waals surface area contributed by atoms with E-state index in [2.05, 4.69) is 24.4 Å². The summed E-state index contributed by atoms with van der Waals surface area (Å²) in [6.45, 7) is 4.12. The summed E-state index contributed by atoms with van der Waals surface area (Å²) in [6.07, 6.45) is -3.78. The van der Waals surface area contributed by atoms with Crippen LogP contribution in [0.25, 0.3) is 0 Å². The third-order valence-corrected chi connectivity index (χ3v) is 4.45. The van der Waals surface area contributed by atoms with Crippen molar-refractivity contribution in [2.45, 2.75) is 31.9 Å². The first-order valence-electron chi connectivity index (χ1n) is 8.65. The zero-order chi connectivity index (χ0) is 20.9. The van der Waals surface area contributed by atoms with E-state index >= 15 is 0 Å². The summed E-state index contributed by atoms with van der Waals surface area (Å²) >= 11 is 0. The molecule has 1 heterocycles. The Morgan fingerprint density at radius 1 is 1.18 bits per heavy atom. The summed E-state index contributed by atoms with van der Waals surface area (Å²) in [7, 11) is 0. The smallest absolute Gasteiger partial charge is 0.475 e. The Labute approximate surface area is 159 Å². The van der Waals surface area contributed by atoms with Crippen molar-refractivity contribution < 1.29 is 31.9 Å². The number of benzene rings is 2. The first-order valence-corrected chi connectivity index (χ1v) is 8.65. The topological polar surface area (TPSA) is 49.3 Å². The van der Waals surface area contributed by atoms with Crippen molar-refractivity contribution in [1.29, 1.82) is 0 Å². The molecule has 1 atom stereocenters. The molecule has 0 amide bonds. The van der Waals surface area contributed by atoms with Gasteiger partial charge in [-0.25, -0.2) is 13.6 Å². The second-order valence-corrected chi connectivity index (χ2v) is 6.57. The fraction of sp³-hybridized carbons (Fsp3) is 0.350. The number of halogens is 5. The number of carboxylic acid groups (broad SMARTS) is 1. The molecular weight excluding hydrogens is 381 g/mol. The maximum absolute atomic E-state index is 13.8. The minimum atomic E-state index is -5.08. The molecule has 2 N–H and O–H groups in total. The highest BCUT2D eigenvalue weighted by Gasteiger charge is 2.38. The monoisotopic (exact) mass is 401 g/mol. The number of hydrogen-bond donors (Lipinski definition) is 2. The Morgan fingerprint density at radius 2 is 1.79 bits per heavy atom. The van der Waals surface area contributed by atoms with E-state index in [1.165, 1.54) is 29.3 Å². The van der Waals surface area contributed by atoms with Gasteiger partial charge in [0.2, 0.25) is 0 Å². The maximum atomic E-state index is 13.8. The van der Waals surface area contributed by atoms with Crippen LogP contribution in [0.3, 0.4) is 0 Å². The molecule has 0 saturated carbocycles. The Kier molecular flexibility index (Phi) is 7.12. The first kappa shape index (κ1) is 21.8. The van der Waals surface area contributed by atoms with Crippen LogP contribution in [0.15, 0.2) is 36.4 Å². The van der Waals surface area contributed by atoms with Crippen LogP contribution >= 0.6 is 0 Å². The van der Waals surface area contributed by atoms with Gasteiger partial charge in [-0.2, -0.15) is 13.2 Å². The number of aliphatic carboxylic acids is 1. The molecule has 0 fully saturated rings. The van der Waals surface area contributed by atoms with Crippen LogP contribution in [0.1, 0.15) is 35.1 Å². The lowest BCUT2D eigenvalue weighted by molar-refractivity contribution is -0.192. The highest BCUT2D eigenvalue weighted by atomic mass is 19.4. The minimum Gasteiger partial charge on any atom is -0.475 e. The van der Waals surface area contributed by atoms with Crippen LogP contribution in [-0.4, -0.2) is 30.3 Å². The van der Waals surface area contributed by atoms with Gasteiger partial charge in [0, 0.05) is 18.5 Å². The number of rotatable bonds is 2. The Morgan fingerprint density at radius 3 is 2.36 bits per heavy atom. The zero-order valence-electron chi connectivity index (χ0n) is 15.1. The quantitative estimate of drug-likeness (QED) is 0.732. The standard InChI is InChI=1S/C18H19F2N.C2HF3O2/c1-12-11-21-8-7-14-6-5-13(9-15(12)14)10-16-17(19)3-2-4-18(16)20;3-2(4,5)1(6)7/h2-6,9,12,21H,7-8,10-11H2,1H3;(H,6,7)/t12-;/m1./s1. The third kappa shape index (κ3) is 5.76. The molecule has 0 bridgehead atoms. The predicted octanol–water partition coefficient (Wildman–Crippen LogP) is 4.44.